The largest absolute Gasteiger partial charge is 0.497 e. The van der Waals surface area contributed by atoms with Gasteiger partial charge in [0.2, 0.25) is 5.91 Å². The van der Waals surface area contributed by atoms with Gasteiger partial charge in [-0.3, -0.25) is 14.4 Å². The molecule has 0 bridgehead atoms. The molecule has 2 amide bonds. The van der Waals surface area contributed by atoms with Gasteiger partial charge in [-0.1, -0.05) is 0 Å². The first kappa shape index (κ1) is 19.0. The van der Waals surface area contributed by atoms with Crippen LogP contribution in [0.4, 0.5) is 5.69 Å². The molecule has 1 aliphatic heterocycles. The van der Waals surface area contributed by atoms with Gasteiger partial charge in [0.15, 0.2) is 6.10 Å². The average Bonchev–Trinajstić information content (AvgIpc) is 3.39. The van der Waals surface area contributed by atoms with Crippen LogP contribution in [0, 0.1) is 5.92 Å². The fourth-order valence-electron chi connectivity index (χ4n) is 2.98. The summed E-state index contributed by atoms with van der Waals surface area (Å²) in [6.07, 6.45) is 1.08. The average molecular weight is 376 g/mol. The van der Waals surface area contributed by atoms with Gasteiger partial charge in [-0.05, 0) is 31.9 Å². The van der Waals surface area contributed by atoms with Crippen molar-refractivity contribution in [1.29, 1.82) is 0 Å². The van der Waals surface area contributed by atoms with E-state index in [0.29, 0.717) is 17.2 Å². The normalized spacial score (nSPS) is 20.2. The Bertz CT molecular complexity index is 746. The van der Waals surface area contributed by atoms with Gasteiger partial charge in [0.05, 0.1) is 25.8 Å². The van der Waals surface area contributed by atoms with Crippen LogP contribution in [0.1, 0.15) is 26.2 Å². The van der Waals surface area contributed by atoms with E-state index in [0.717, 1.165) is 12.8 Å². The number of ether oxygens (including phenoxy) is 3. The molecule has 1 saturated carbocycles. The van der Waals surface area contributed by atoms with E-state index in [2.05, 4.69) is 5.32 Å². The van der Waals surface area contributed by atoms with Crippen LogP contribution in [0.3, 0.4) is 0 Å². The van der Waals surface area contributed by atoms with E-state index in [4.69, 9.17) is 14.2 Å². The molecule has 2 fully saturated rings. The molecule has 1 aliphatic carbocycles. The zero-order chi connectivity index (χ0) is 19.6. The number of carbonyl (C=O) groups is 3. The molecular weight excluding hydrogens is 352 g/mol. The summed E-state index contributed by atoms with van der Waals surface area (Å²) in [5.74, 6) is -0.584. The quantitative estimate of drug-likeness (QED) is 0.720. The molecule has 1 aromatic rings. The maximum absolute atomic E-state index is 12.4. The van der Waals surface area contributed by atoms with Gasteiger partial charge >= 0.3 is 5.97 Å². The molecule has 0 aromatic heterocycles. The van der Waals surface area contributed by atoms with Crippen molar-refractivity contribution < 1.29 is 28.6 Å². The summed E-state index contributed by atoms with van der Waals surface area (Å²) in [5, 5.41) is 2.80. The van der Waals surface area contributed by atoms with Crippen LogP contribution in [0.2, 0.25) is 0 Å². The van der Waals surface area contributed by atoms with Gasteiger partial charge in [-0.15, -0.1) is 0 Å². The van der Waals surface area contributed by atoms with Crippen molar-refractivity contribution in [3.05, 3.63) is 18.2 Å². The maximum atomic E-state index is 12.4. The molecular formula is C19H24N2O6. The summed E-state index contributed by atoms with van der Waals surface area (Å²) in [5.41, 5.74) is 0.568. The van der Waals surface area contributed by atoms with Gasteiger partial charge in [-0.25, -0.2) is 0 Å². The number of amides is 2. The van der Waals surface area contributed by atoms with Gasteiger partial charge < -0.3 is 24.4 Å². The zero-order valence-corrected chi connectivity index (χ0v) is 15.7. The molecule has 8 heteroatoms. The number of hydrogen-bond acceptors (Lipinski definition) is 6. The van der Waals surface area contributed by atoms with E-state index in [9.17, 15) is 14.4 Å². The van der Waals surface area contributed by atoms with E-state index >= 15 is 0 Å². The Morgan fingerprint density at radius 3 is 2.59 bits per heavy atom. The number of esters is 1. The standard InChI is InChI=1S/C19H24N2O6/c1-11(18(23)20-13-4-5-13)27-19(24)12-8-17(22)21(10-12)15-7-6-14(25-2)9-16(15)26-3/h6-7,9,11-13H,4-5,8,10H2,1-3H3,(H,20,23)/t11-,12-/m0/s1. The molecule has 3 rings (SSSR count). The fourth-order valence-corrected chi connectivity index (χ4v) is 2.98. The second-order valence-electron chi connectivity index (χ2n) is 6.81. The van der Waals surface area contributed by atoms with Crippen molar-refractivity contribution in [2.75, 3.05) is 25.7 Å². The maximum Gasteiger partial charge on any atom is 0.312 e. The van der Waals surface area contributed by atoms with Crippen LogP contribution < -0.4 is 19.7 Å². The molecule has 2 aliphatic rings. The third kappa shape index (κ3) is 4.32. The fraction of sp³-hybridized carbons (Fsp3) is 0.526. The Morgan fingerprint density at radius 2 is 1.96 bits per heavy atom. The molecule has 146 valence electrons. The highest BCUT2D eigenvalue weighted by Crippen LogP contribution is 2.36. The summed E-state index contributed by atoms with van der Waals surface area (Å²) in [6, 6.07) is 5.32. The van der Waals surface area contributed by atoms with Crippen LogP contribution in [0.5, 0.6) is 11.5 Å². The lowest BCUT2D eigenvalue weighted by Gasteiger charge is -2.20. The summed E-state index contributed by atoms with van der Waals surface area (Å²) < 4.78 is 15.8. The predicted molar refractivity (Wildman–Crippen MR) is 96.7 cm³/mol. The van der Waals surface area contributed by atoms with E-state index in [1.54, 1.807) is 25.3 Å². The number of benzene rings is 1. The first-order chi connectivity index (χ1) is 12.9. The number of rotatable bonds is 7. The van der Waals surface area contributed by atoms with Crippen LogP contribution in [-0.2, 0) is 19.1 Å². The third-order valence-corrected chi connectivity index (χ3v) is 4.72. The smallest absolute Gasteiger partial charge is 0.312 e. The minimum Gasteiger partial charge on any atom is -0.497 e. The molecule has 1 heterocycles. The van der Waals surface area contributed by atoms with Crippen molar-refractivity contribution in [1.82, 2.24) is 5.32 Å². The number of hydrogen-bond donors (Lipinski definition) is 1. The molecule has 1 saturated heterocycles. The van der Waals surface area contributed by atoms with Gasteiger partial charge in [0, 0.05) is 25.1 Å². The Hall–Kier alpha value is -2.77. The Labute approximate surface area is 157 Å². The molecule has 0 radical (unpaired) electrons. The monoisotopic (exact) mass is 376 g/mol. The number of carbonyl (C=O) groups excluding carboxylic acids is 3. The minimum absolute atomic E-state index is 0.0327. The zero-order valence-electron chi connectivity index (χ0n) is 15.7. The highest BCUT2D eigenvalue weighted by molar-refractivity contribution is 6.01. The molecule has 1 aromatic carbocycles. The third-order valence-electron chi connectivity index (χ3n) is 4.72. The number of nitrogens with one attached hydrogen (secondary N) is 1. The Morgan fingerprint density at radius 1 is 1.22 bits per heavy atom. The lowest BCUT2D eigenvalue weighted by atomic mass is 10.1. The Balaban J connectivity index is 1.64. The highest BCUT2D eigenvalue weighted by atomic mass is 16.5. The first-order valence-electron chi connectivity index (χ1n) is 8.96. The van der Waals surface area contributed by atoms with Crippen LogP contribution >= 0.6 is 0 Å². The summed E-state index contributed by atoms with van der Waals surface area (Å²) in [7, 11) is 3.05. The number of methoxy groups -OCH3 is 2. The predicted octanol–water partition coefficient (Wildman–Crippen LogP) is 1.27. The van der Waals surface area contributed by atoms with Crippen LogP contribution in [0.15, 0.2) is 18.2 Å². The van der Waals surface area contributed by atoms with E-state index in [1.807, 2.05) is 0 Å². The van der Waals surface area contributed by atoms with Crippen molar-refractivity contribution in [2.24, 2.45) is 5.92 Å². The summed E-state index contributed by atoms with van der Waals surface area (Å²) in [6.45, 7) is 1.72. The topological polar surface area (TPSA) is 94.2 Å². The number of anilines is 1. The first-order valence-corrected chi connectivity index (χ1v) is 8.96. The van der Waals surface area contributed by atoms with Gasteiger partial charge in [-0.2, -0.15) is 0 Å². The van der Waals surface area contributed by atoms with Crippen molar-refractivity contribution >= 4 is 23.5 Å². The van der Waals surface area contributed by atoms with E-state index in [1.165, 1.54) is 18.9 Å². The summed E-state index contributed by atoms with van der Waals surface area (Å²) in [4.78, 5) is 38.3. The molecule has 1 N–H and O–H groups in total. The minimum atomic E-state index is -0.877. The Kier molecular flexibility index (Phi) is 5.53. The molecule has 27 heavy (non-hydrogen) atoms. The van der Waals surface area contributed by atoms with Crippen LogP contribution in [-0.4, -0.2) is 50.7 Å². The second kappa shape index (κ2) is 7.85. The van der Waals surface area contributed by atoms with Crippen molar-refractivity contribution in [3.8, 4) is 11.5 Å². The molecule has 0 spiro atoms. The lowest BCUT2D eigenvalue weighted by Crippen LogP contribution is -2.38. The van der Waals surface area contributed by atoms with Gasteiger partial charge in [0.1, 0.15) is 11.5 Å². The van der Waals surface area contributed by atoms with Crippen molar-refractivity contribution in [3.63, 3.8) is 0 Å². The highest BCUT2D eigenvalue weighted by Gasteiger charge is 2.38. The van der Waals surface area contributed by atoms with Gasteiger partial charge in [0.25, 0.3) is 5.91 Å². The summed E-state index contributed by atoms with van der Waals surface area (Å²) >= 11 is 0. The van der Waals surface area contributed by atoms with Crippen molar-refractivity contribution in [2.45, 2.75) is 38.3 Å². The van der Waals surface area contributed by atoms with E-state index < -0.39 is 18.0 Å². The molecule has 2 atom stereocenters. The second-order valence-corrected chi connectivity index (χ2v) is 6.81. The van der Waals surface area contributed by atoms with Crippen LogP contribution in [0.25, 0.3) is 0 Å². The lowest BCUT2D eigenvalue weighted by molar-refractivity contribution is -0.158. The van der Waals surface area contributed by atoms with E-state index in [-0.39, 0.29) is 30.8 Å². The molecule has 0 unspecified atom stereocenters. The molecule has 8 nitrogen and oxygen atoms in total. The number of nitrogens with zero attached hydrogens (tertiary/aromatic N) is 1. The SMILES string of the molecule is COc1ccc(N2C[C@@H](C(=O)O[C@@H](C)C(=O)NC3CC3)CC2=O)c(OC)c1.